The highest BCUT2D eigenvalue weighted by atomic mass is 35.5. The smallest absolute Gasteiger partial charge is 0.410 e. The lowest BCUT2D eigenvalue weighted by Crippen LogP contribution is -2.35. The first-order valence-electron chi connectivity index (χ1n) is 12.9. The number of carbonyl (C=O) groups excluding carboxylic acids is 1. The summed E-state index contributed by atoms with van der Waals surface area (Å²) < 4.78 is 20.5. The van der Waals surface area contributed by atoms with Crippen LogP contribution in [0.2, 0.25) is 5.02 Å². The van der Waals surface area contributed by atoms with Gasteiger partial charge in [-0.25, -0.2) is 9.48 Å². The Morgan fingerprint density at radius 1 is 1.30 bits per heavy atom. The standard InChI is InChI=1S/C27H37ClN4O5/c1-27(2,3)37-26(34)30(4)13-8-14-31-20-11-10-18(28)17-19(20)24-23(25(31)33)21(12-16-35-5)32(29-24)22-9-6-7-15-36-22/h10-11,17,22H,6-9,12-16H2,1-5H3. The van der Waals surface area contributed by atoms with Crippen molar-refractivity contribution in [2.24, 2.45) is 0 Å². The maximum Gasteiger partial charge on any atom is 0.410 e. The fourth-order valence-corrected chi connectivity index (χ4v) is 4.94. The number of hydrogen-bond donors (Lipinski definition) is 0. The molecule has 37 heavy (non-hydrogen) atoms. The molecule has 1 aliphatic heterocycles. The zero-order chi connectivity index (χ0) is 26.7. The topological polar surface area (TPSA) is 87.8 Å². The summed E-state index contributed by atoms with van der Waals surface area (Å²) in [4.78, 5) is 27.9. The molecule has 0 spiro atoms. The molecule has 9 nitrogen and oxygen atoms in total. The summed E-state index contributed by atoms with van der Waals surface area (Å²) >= 11 is 6.40. The van der Waals surface area contributed by atoms with Crippen molar-refractivity contribution in [3.8, 4) is 0 Å². The molecule has 10 heteroatoms. The van der Waals surface area contributed by atoms with E-state index < -0.39 is 5.60 Å². The molecule has 0 radical (unpaired) electrons. The van der Waals surface area contributed by atoms with E-state index in [1.54, 1.807) is 24.8 Å². The molecule has 1 unspecified atom stereocenters. The molecule has 3 heterocycles. The van der Waals surface area contributed by atoms with Crippen LogP contribution in [0.25, 0.3) is 21.8 Å². The summed E-state index contributed by atoms with van der Waals surface area (Å²) in [5.74, 6) is 0. The molecule has 3 aromatic rings. The number of benzene rings is 1. The van der Waals surface area contributed by atoms with Gasteiger partial charge in [-0.2, -0.15) is 5.10 Å². The van der Waals surface area contributed by atoms with Crippen molar-refractivity contribution in [3.63, 3.8) is 0 Å². The van der Waals surface area contributed by atoms with Crippen LogP contribution in [-0.2, 0) is 27.2 Å². The number of amides is 1. The summed E-state index contributed by atoms with van der Waals surface area (Å²) in [6, 6.07) is 5.51. The Morgan fingerprint density at radius 2 is 2.08 bits per heavy atom. The number of carbonyl (C=O) groups is 1. The average molecular weight is 533 g/mol. The first kappa shape index (κ1) is 27.4. The lowest BCUT2D eigenvalue weighted by atomic mass is 10.1. The predicted molar refractivity (Wildman–Crippen MR) is 144 cm³/mol. The van der Waals surface area contributed by atoms with Gasteiger partial charge in [-0.05, 0) is 64.7 Å². The molecule has 1 aliphatic rings. The van der Waals surface area contributed by atoms with Crippen molar-refractivity contribution in [1.82, 2.24) is 19.2 Å². The summed E-state index contributed by atoms with van der Waals surface area (Å²) in [6.07, 6.45) is 3.43. The number of aryl methyl sites for hydroxylation is 1. The van der Waals surface area contributed by atoms with Crippen molar-refractivity contribution >= 4 is 39.5 Å². The maximum absolute atomic E-state index is 14.0. The molecular weight excluding hydrogens is 496 g/mol. The molecular formula is C27H37ClN4O5. The monoisotopic (exact) mass is 532 g/mol. The quantitative estimate of drug-likeness (QED) is 0.398. The third-order valence-corrected chi connectivity index (χ3v) is 6.76. The first-order valence-corrected chi connectivity index (χ1v) is 13.3. The SMILES string of the molecule is COCCc1c2c(=O)n(CCCN(C)C(=O)OC(C)(C)C)c3ccc(Cl)cc3c2nn1C1CCCCO1. The van der Waals surface area contributed by atoms with Crippen molar-refractivity contribution < 1.29 is 19.0 Å². The Bertz CT molecular complexity index is 1320. The molecule has 0 aliphatic carbocycles. The van der Waals surface area contributed by atoms with Crippen LogP contribution in [0.5, 0.6) is 0 Å². The largest absolute Gasteiger partial charge is 0.444 e. The van der Waals surface area contributed by atoms with Crippen LogP contribution < -0.4 is 5.56 Å². The summed E-state index contributed by atoms with van der Waals surface area (Å²) in [7, 11) is 3.35. The highest BCUT2D eigenvalue weighted by Gasteiger charge is 2.26. The van der Waals surface area contributed by atoms with E-state index in [0.29, 0.717) is 55.1 Å². The van der Waals surface area contributed by atoms with Gasteiger partial charge in [0.25, 0.3) is 5.56 Å². The van der Waals surface area contributed by atoms with Crippen LogP contribution in [0.1, 0.15) is 58.4 Å². The molecule has 1 fully saturated rings. The van der Waals surface area contributed by atoms with Gasteiger partial charge in [0.1, 0.15) is 11.1 Å². The molecule has 4 rings (SSSR count). The van der Waals surface area contributed by atoms with Crippen molar-refractivity contribution in [2.45, 2.75) is 71.2 Å². The van der Waals surface area contributed by atoms with Gasteiger partial charge in [-0.3, -0.25) is 4.79 Å². The van der Waals surface area contributed by atoms with Crippen LogP contribution in [0, 0.1) is 0 Å². The Morgan fingerprint density at radius 3 is 2.76 bits per heavy atom. The van der Waals surface area contributed by atoms with Gasteiger partial charge in [-0.1, -0.05) is 11.6 Å². The molecule has 1 amide bonds. The van der Waals surface area contributed by atoms with Gasteiger partial charge in [0.05, 0.1) is 23.2 Å². The number of aromatic nitrogens is 3. The van der Waals surface area contributed by atoms with Gasteiger partial charge in [0, 0.05) is 50.7 Å². The first-order chi connectivity index (χ1) is 17.6. The minimum Gasteiger partial charge on any atom is -0.444 e. The van der Waals surface area contributed by atoms with Gasteiger partial charge >= 0.3 is 6.09 Å². The Hall–Kier alpha value is -2.62. The number of rotatable bonds is 8. The normalized spacial score (nSPS) is 16.4. The number of methoxy groups -OCH3 is 1. The highest BCUT2D eigenvalue weighted by molar-refractivity contribution is 6.31. The summed E-state index contributed by atoms with van der Waals surface area (Å²) in [5.41, 5.74) is 1.52. The molecule has 2 aromatic heterocycles. The molecule has 1 aromatic carbocycles. The van der Waals surface area contributed by atoms with E-state index in [2.05, 4.69) is 0 Å². The minimum atomic E-state index is -0.566. The van der Waals surface area contributed by atoms with Gasteiger partial charge < -0.3 is 23.7 Å². The number of pyridine rings is 1. The van der Waals surface area contributed by atoms with E-state index in [4.69, 9.17) is 30.9 Å². The molecule has 0 saturated carbocycles. The Balaban J connectivity index is 1.75. The maximum atomic E-state index is 14.0. The Kier molecular flexibility index (Phi) is 8.46. The van der Waals surface area contributed by atoms with E-state index in [0.717, 1.165) is 35.9 Å². The van der Waals surface area contributed by atoms with Crippen LogP contribution in [0.15, 0.2) is 23.0 Å². The fourth-order valence-electron chi connectivity index (χ4n) is 4.77. The second kappa shape index (κ2) is 11.4. The van der Waals surface area contributed by atoms with Crippen LogP contribution in [-0.4, -0.2) is 64.9 Å². The molecule has 0 N–H and O–H groups in total. The molecule has 1 atom stereocenters. The molecule has 0 bridgehead atoms. The lowest BCUT2D eigenvalue weighted by molar-refractivity contribution is -0.0409. The minimum absolute atomic E-state index is 0.113. The third kappa shape index (κ3) is 6.10. The van der Waals surface area contributed by atoms with Crippen LogP contribution in [0.3, 0.4) is 0 Å². The zero-order valence-electron chi connectivity index (χ0n) is 22.4. The number of ether oxygens (including phenoxy) is 3. The number of fused-ring (bicyclic) bond motifs is 3. The average Bonchev–Trinajstić information content (AvgIpc) is 3.24. The van der Waals surface area contributed by atoms with Crippen molar-refractivity contribution in [2.75, 3.05) is 33.9 Å². The predicted octanol–water partition coefficient (Wildman–Crippen LogP) is 5.15. The van der Waals surface area contributed by atoms with E-state index in [1.165, 1.54) is 4.90 Å². The van der Waals surface area contributed by atoms with E-state index >= 15 is 0 Å². The van der Waals surface area contributed by atoms with Gasteiger partial charge in [0.15, 0.2) is 6.23 Å². The van der Waals surface area contributed by atoms with E-state index in [-0.39, 0.29) is 17.9 Å². The van der Waals surface area contributed by atoms with Gasteiger partial charge in [-0.15, -0.1) is 0 Å². The van der Waals surface area contributed by atoms with E-state index in [9.17, 15) is 9.59 Å². The van der Waals surface area contributed by atoms with Crippen LogP contribution >= 0.6 is 11.6 Å². The number of hydrogen-bond acceptors (Lipinski definition) is 6. The third-order valence-electron chi connectivity index (χ3n) is 6.53. The second-order valence-corrected chi connectivity index (χ2v) is 11.0. The van der Waals surface area contributed by atoms with E-state index in [1.807, 2.05) is 37.6 Å². The zero-order valence-corrected chi connectivity index (χ0v) is 23.1. The van der Waals surface area contributed by atoms with Crippen molar-refractivity contribution in [1.29, 1.82) is 0 Å². The summed E-state index contributed by atoms with van der Waals surface area (Å²) in [6.45, 7) is 7.52. The van der Waals surface area contributed by atoms with Crippen LogP contribution in [0.4, 0.5) is 4.79 Å². The fraction of sp³-hybridized carbons (Fsp3) is 0.593. The highest BCUT2D eigenvalue weighted by Crippen LogP contribution is 2.31. The number of halogens is 1. The molecule has 1 saturated heterocycles. The second-order valence-electron chi connectivity index (χ2n) is 10.6. The summed E-state index contributed by atoms with van der Waals surface area (Å²) in [5, 5.41) is 6.88. The lowest BCUT2D eigenvalue weighted by Gasteiger charge is -2.24. The Labute approximate surface area is 222 Å². The molecule has 202 valence electrons. The number of nitrogens with zero attached hydrogens (tertiary/aromatic N) is 4. The van der Waals surface area contributed by atoms with Gasteiger partial charge in [0.2, 0.25) is 0 Å². The van der Waals surface area contributed by atoms with Crippen molar-refractivity contribution in [3.05, 3.63) is 39.3 Å².